The molecule has 4 rings (SSSR count). The van der Waals surface area contributed by atoms with Crippen molar-refractivity contribution in [1.29, 1.82) is 0 Å². The van der Waals surface area contributed by atoms with Gasteiger partial charge >= 0.3 is 0 Å². The van der Waals surface area contributed by atoms with Crippen LogP contribution in [0.4, 0.5) is 0 Å². The molecular formula is C27H26N4O2. The standard InChI is InChI=1S/C27H26N4O2/c1-20(32)28-17-21-13-15-23(16-14-21)27(33)30(2)18-24-19-31(25-11-7-4-8-12-25)29-26(24)22-9-5-3-6-10-22/h3-16,19H,17-18H2,1-2H3,(H,28,32). The van der Waals surface area contributed by atoms with E-state index < -0.39 is 0 Å². The molecule has 0 atom stereocenters. The Labute approximate surface area is 193 Å². The quantitative estimate of drug-likeness (QED) is 0.464. The fraction of sp³-hybridized carbons (Fsp3) is 0.148. The molecule has 6 heteroatoms. The number of nitrogens with one attached hydrogen (secondary N) is 1. The highest BCUT2D eigenvalue weighted by atomic mass is 16.2. The van der Waals surface area contributed by atoms with Gasteiger partial charge in [-0.3, -0.25) is 9.59 Å². The summed E-state index contributed by atoms with van der Waals surface area (Å²) in [5.74, 6) is -0.160. The first kappa shape index (κ1) is 22.0. The molecule has 6 nitrogen and oxygen atoms in total. The number of aromatic nitrogens is 2. The van der Waals surface area contributed by atoms with E-state index in [0.29, 0.717) is 18.7 Å². The van der Waals surface area contributed by atoms with E-state index in [9.17, 15) is 9.59 Å². The predicted octanol–water partition coefficient (Wildman–Crippen LogP) is 4.45. The van der Waals surface area contributed by atoms with Gasteiger partial charge in [-0.15, -0.1) is 0 Å². The van der Waals surface area contributed by atoms with Crippen LogP contribution in [0.25, 0.3) is 16.9 Å². The Morgan fingerprint density at radius 1 is 0.909 bits per heavy atom. The van der Waals surface area contributed by atoms with Gasteiger partial charge in [0, 0.05) is 49.9 Å². The Bertz CT molecular complexity index is 1230. The van der Waals surface area contributed by atoms with Crippen LogP contribution in [-0.4, -0.2) is 33.5 Å². The minimum atomic E-state index is -0.0832. The molecule has 166 valence electrons. The third-order valence-electron chi connectivity index (χ3n) is 5.35. The van der Waals surface area contributed by atoms with Crippen molar-refractivity contribution in [1.82, 2.24) is 20.0 Å². The lowest BCUT2D eigenvalue weighted by Crippen LogP contribution is -2.26. The number of nitrogens with zero attached hydrogens (tertiary/aromatic N) is 3. The summed E-state index contributed by atoms with van der Waals surface area (Å²) in [6.45, 7) is 2.35. The van der Waals surface area contributed by atoms with Gasteiger partial charge in [-0.1, -0.05) is 60.7 Å². The van der Waals surface area contributed by atoms with Gasteiger partial charge in [0.15, 0.2) is 0 Å². The van der Waals surface area contributed by atoms with E-state index >= 15 is 0 Å². The lowest BCUT2D eigenvalue weighted by molar-refractivity contribution is -0.119. The second kappa shape index (κ2) is 9.96. The summed E-state index contributed by atoms with van der Waals surface area (Å²) in [5, 5.41) is 7.59. The lowest BCUT2D eigenvalue weighted by atomic mass is 10.1. The second-order valence-corrected chi connectivity index (χ2v) is 7.92. The topological polar surface area (TPSA) is 67.2 Å². The summed E-state index contributed by atoms with van der Waals surface area (Å²) in [6.07, 6.45) is 1.98. The van der Waals surface area contributed by atoms with Crippen molar-refractivity contribution < 1.29 is 9.59 Å². The highest BCUT2D eigenvalue weighted by Gasteiger charge is 2.18. The van der Waals surface area contributed by atoms with Crippen molar-refractivity contribution >= 4 is 11.8 Å². The SMILES string of the molecule is CC(=O)NCc1ccc(C(=O)N(C)Cc2cn(-c3ccccc3)nc2-c2ccccc2)cc1. The zero-order valence-electron chi connectivity index (χ0n) is 18.7. The molecule has 2 amide bonds. The van der Waals surface area contributed by atoms with Gasteiger partial charge in [-0.25, -0.2) is 4.68 Å². The number of amides is 2. The minimum absolute atomic E-state index is 0.0763. The predicted molar refractivity (Wildman–Crippen MR) is 129 cm³/mol. The molecule has 1 heterocycles. The Hall–Kier alpha value is -4.19. The van der Waals surface area contributed by atoms with E-state index in [1.807, 2.05) is 83.7 Å². The maximum Gasteiger partial charge on any atom is 0.253 e. The van der Waals surface area contributed by atoms with Crippen LogP contribution in [0.2, 0.25) is 0 Å². The molecule has 33 heavy (non-hydrogen) atoms. The van der Waals surface area contributed by atoms with E-state index in [1.54, 1.807) is 24.1 Å². The monoisotopic (exact) mass is 438 g/mol. The highest BCUT2D eigenvalue weighted by Crippen LogP contribution is 2.25. The third kappa shape index (κ3) is 5.36. The fourth-order valence-electron chi connectivity index (χ4n) is 3.62. The van der Waals surface area contributed by atoms with E-state index in [4.69, 9.17) is 5.10 Å². The van der Waals surface area contributed by atoms with Gasteiger partial charge in [0.05, 0.1) is 11.4 Å². The van der Waals surface area contributed by atoms with E-state index in [2.05, 4.69) is 5.32 Å². The number of benzene rings is 3. The fourth-order valence-corrected chi connectivity index (χ4v) is 3.62. The van der Waals surface area contributed by atoms with Crippen LogP contribution in [0.15, 0.2) is 91.1 Å². The van der Waals surface area contributed by atoms with E-state index in [-0.39, 0.29) is 11.8 Å². The Morgan fingerprint density at radius 2 is 1.55 bits per heavy atom. The van der Waals surface area contributed by atoms with Gasteiger partial charge in [-0.05, 0) is 29.8 Å². The van der Waals surface area contributed by atoms with E-state index in [0.717, 1.165) is 28.1 Å². The second-order valence-electron chi connectivity index (χ2n) is 7.92. The summed E-state index contributed by atoms with van der Waals surface area (Å²) < 4.78 is 1.85. The van der Waals surface area contributed by atoms with Gasteiger partial charge in [0.2, 0.25) is 5.91 Å². The van der Waals surface area contributed by atoms with Crippen LogP contribution in [0.3, 0.4) is 0 Å². The van der Waals surface area contributed by atoms with Crippen LogP contribution in [0.1, 0.15) is 28.4 Å². The summed E-state index contributed by atoms with van der Waals surface area (Å²) in [6, 6.07) is 27.2. The van der Waals surface area contributed by atoms with Crippen molar-refractivity contribution in [3.05, 3.63) is 108 Å². The number of carbonyl (C=O) groups excluding carboxylic acids is 2. The number of carbonyl (C=O) groups is 2. The lowest BCUT2D eigenvalue weighted by Gasteiger charge is -2.17. The average molecular weight is 439 g/mol. The van der Waals surface area contributed by atoms with Crippen LogP contribution in [-0.2, 0) is 17.9 Å². The largest absolute Gasteiger partial charge is 0.352 e. The molecule has 1 aromatic heterocycles. The van der Waals surface area contributed by atoms with Gasteiger partial charge in [-0.2, -0.15) is 5.10 Å². The summed E-state index contributed by atoms with van der Waals surface area (Å²) in [5.41, 5.74) is 5.32. The molecule has 0 fully saturated rings. The smallest absolute Gasteiger partial charge is 0.253 e. The molecule has 0 unspecified atom stereocenters. The van der Waals surface area contributed by atoms with Crippen molar-refractivity contribution in [2.75, 3.05) is 7.05 Å². The van der Waals surface area contributed by atoms with Crippen LogP contribution < -0.4 is 5.32 Å². The zero-order valence-corrected chi connectivity index (χ0v) is 18.7. The maximum absolute atomic E-state index is 13.1. The first-order valence-electron chi connectivity index (χ1n) is 10.8. The van der Waals surface area contributed by atoms with Gasteiger partial charge in [0.1, 0.15) is 0 Å². The Kier molecular flexibility index (Phi) is 6.64. The molecule has 0 saturated heterocycles. The van der Waals surface area contributed by atoms with Gasteiger partial charge < -0.3 is 10.2 Å². The van der Waals surface area contributed by atoms with Crippen molar-refractivity contribution in [2.24, 2.45) is 0 Å². The van der Waals surface area contributed by atoms with Crippen LogP contribution >= 0.6 is 0 Å². The van der Waals surface area contributed by atoms with Crippen molar-refractivity contribution in [3.63, 3.8) is 0 Å². The zero-order chi connectivity index (χ0) is 23.2. The van der Waals surface area contributed by atoms with E-state index in [1.165, 1.54) is 6.92 Å². The molecule has 0 aliphatic heterocycles. The summed E-state index contributed by atoms with van der Waals surface area (Å²) in [7, 11) is 1.79. The molecular weight excluding hydrogens is 412 g/mol. The summed E-state index contributed by atoms with van der Waals surface area (Å²) >= 11 is 0. The molecule has 0 saturated carbocycles. The third-order valence-corrected chi connectivity index (χ3v) is 5.35. The average Bonchev–Trinajstić information content (AvgIpc) is 3.27. The highest BCUT2D eigenvalue weighted by molar-refractivity contribution is 5.94. The Balaban J connectivity index is 1.56. The molecule has 1 N–H and O–H groups in total. The molecule has 0 spiro atoms. The number of hydrogen-bond donors (Lipinski definition) is 1. The molecule has 0 bridgehead atoms. The van der Waals surface area contributed by atoms with Crippen molar-refractivity contribution in [2.45, 2.75) is 20.0 Å². The first-order valence-corrected chi connectivity index (χ1v) is 10.8. The maximum atomic E-state index is 13.1. The van der Waals surface area contributed by atoms with Crippen LogP contribution in [0, 0.1) is 0 Å². The number of hydrogen-bond acceptors (Lipinski definition) is 3. The minimum Gasteiger partial charge on any atom is -0.352 e. The molecule has 0 aliphatic carbocycles. The van der Waals surface area contributed by atoms with Crippen molar-refractivity contribution in [3.8, 4) is 16.9 Å². The summed E-state index contributed by atoms with van der Waals surface area (Å²) in [4.78, 5) is 25.9. The van der Waals surface area contributed by atoms with Gasteiger partial charge in [0.25, 0.3) is 5.91 Å². The molecule has 4 aromatic rings. The molecule has 0 aliphatic rings. The first-order chi connectivity index (χ1) is 16.0. The number of rotatable bonds is 7. The number of para-hydroxylation sites is 1. The normalized spacial score (nSPS) is 10.6. The van der Waals surface area contributed by atoms with Crippen LogP contribution in [0.5, 0.6) is 0 Å². The molecule has 3 aromatic carbocycles. The molecule has 0 radical (unpaired) electrons. The Morgan fingerprint density at radius 3 is 2.18 bits per heavy atom.